The van der Waals surface area contributed by atoms with E-state index in [1.165, 1.54) is 44.5 Å². The summed E-state index contributed by atoms with van der Waals surface area (Å²) >= 11 is 7.37. The zero-order chi connectivity index (χ0) is 19.1. The Hall–Kier alpha value is -2.16. The smallest absolute Gasteiger partial charge is 0.0181 e. The molecule has 1 aliphatic carbocycles. The molecule has 0 aromatic heterocycles. The van der Waals surface area contributed by atoms with Gasteiger partial charge in [0.05, 0.1) is 0 Å². The fraction of sp³-hybridized carbons (Fsp3) is 0.0769. The lowest BCUT2D eigenvalue weighted by Crippen LogP contribution is -2.02. The first kappa shape index (κ1) is 17.9. The fourth-order valence-electron chi connectivity index (χ4n) is 4.19. The van der Waals surface area contributed by atoms with Gasteiger partial charge in [0.15, 0.2) is 0 Å². The molecule has 0 saturated heterocycles. The summed E-state index contributed by atoms with van der Waals surface area (Å²) in [6.45, 7) is 0. The largest absolute Gasteiger partial charge is 0.0619 e. The van der Waals surface area contributed by atoms with Crippen LogP contribution in [0.25, 0.3) is 22.3 Å². The van der Waals surface area contributed by atoms with Crippen LogP contribution < -0.4 is 0 Å². The van der Waals surface area contributed by atoms with Crippen LogP contribution in [0.15, 0.2) is 93.9 Å². The van der Waals surface area contributed by atoms with Crippen molar-refractivity contribution in [3.05, 3.63) is 116 Å². The van der Waals surface area contributed by atoms with Crippen LogP contribution in [0.4, 0.5) is 0 Å². The lowest BCUT2D eigenvalue weighted by Gasteiger charge is -2.21. The maximum absolute atomic E-state index is 3.68. The van der Waals surface area contributed by atoms with Crippen molar-refractivity contribution in [1.82, 2.24) is 0 Å². The highest BCUT2D eigenvalue weighted by molar-refractivity contribution is 9.10. The van der Waals surface area contributed by atoms with E-state index in [9.17, 15) is 0 Å². The van der Waals surface area contributed by atoms with Gasteiger partial charge in [-0.3, -0.25) is 0 Å². The van der Waals surface area contributed by atoms with Gasteiger partial charge in [-0.05, 0) is 81.6 Å². The highest BCUT2D eigenvalue weighted by Gasteiger charge is 2.18. The Bertz CT molecular complexity index is 1100. The van der Waals surface area contributed by atoms with Crippen molar-refractivity contribution in [1.29, 1.82) is 0 Å². The number of hydrogen-bond donors (Lipinski definition) is 0. The van der Waals surface area contributed by atoms with Crippen molar-refractivity contribution < 1.29 is 0 Å². The van der Waals surface area contributed by atoms with Gasteiger partial charge in [-0.2, -0.15) is 0 Å². The molecule has 5 rings (SSSR count). The average Bonchev–Trinajstić information content (AvgIpc) is 2.71. The van der Waals surface area contributed by atoms with Crippen LogP contribution in [0.2, 0.25) is 0 Å². The molecule has 0 bridgehead atoms. The summed E-state index contributed by atoms with van der Waals surface area (Å²) in [5.74, 6) is 0. The van der Waals surface area contributed by atoms with E-state index < -0.39 is 0 Å². The van der Waals surface area contributed by atoms with Gasteiger partial charge >= 0.3 is 0 Å². The zero-order valence-electron chi connectivity index (χ0n) is 15.3. The lowest BCUT2D eigenvalue weighted by molar-refractivity contribution is 1.15. The maximum Gasteiger partial charge on any atom is 0.0181 e. The molecule has 0 saturated carbocycles. The Morgan fingerprint density at radius 1 is 0.429 bits per heavy atom. The first-order valence-corrected chi connectivity index (χ1v) is 11.0. The van der Waals surface area contributed by atoms with E-state index in [1.54, 1.807) is 0 Å². The van der Waals surface area contributed by atoms with Crippen molar-refractivity contribution in [3.8, 4) is 22.3 Å². The Kier molecular flexibility index (Phi) is 4.70. The van der Waals surface area contributed by atoms with Crippen LogP contribution in [0.5, 0.6) is 0 Å². The molecule has 0 heterocycles. The van der Waals surface area contributed by atoms with E-state index in [-0.39, 0.29) is 0 Å². The lowest BCUT2D eigenvalue weighted by atomic mass is 9.84. The minimum absolute atomic E-state index is 0.911. The SMILES string of the molecule is Brc1ccc2c(c1)-c1ccccc1Cc1ccccc1-c1cc(Br)ccc1C2. The second-order valence-corrected chi connectivity index (χ2v) is 9.10. The van der Waals surface area contributed by atoms with Gasteiger partial charge in [-0.15, -0.1) is 0 Å². The molecule has 1 aliphatic rings. The molecular weight excluding hydrogens is 472 g/mol. The molecule has 0 aliphatic heterocycles. The Morgan fingerprint density at radius 2 is 0.821 bits per heavy atom. The zero-order valence-corrected chi connectivity index (χ0v) is 18.4. The van der Waals surface area contributed by atoms with E-state index in [0.717, 1.165) is 21.8 Å². The predicted molar refractivity (Wildman–Crippen MR) is 125 cm³/mol. The second kappa shape index (κ2) is 7.35. The quantitative estimate of drug-likeness (QED) is 0.206. The van der Waals surface area contributed by atoms with Crippen molar-refractivity contribution in [3.63, 3.8) is 0 Å². The Balaban J connectivity index is 1.84. The van der Waals surface area contributed by atoms with Crippen molar-refractivity contribution >= 4 is 31.9 Å². The van der Waals surface area contributed by atoms with Crippen LogP contribution in [-0.2, 0) is 12.8 Å². The number of halogens is 2. The minimum Gasteiger partial charge on any atom is -0.0619 e. The van der Waals surface area contributed by atoms with Gasteiger partial charge in [-0.1, -0.05) is 92.5 Å². The molecule has 28 heavy (non-hydrogen) atoms. The van der Waals surface area contributed by atoms with Crippen LogP contribution in [-0.4, -0.2) is 0 Å². The molecule has 2 heteroatoms. The summed E-state index contributed by atoms with van der Waals surface area (Å²) in [7, 11) is 0. The highest BCUT2D eigenvalue weighted by atomic mass is 79.9. The molecule has 0 spiro atoms. The minimum atomic E-state index is 0.911. The van der Waals surface area contributed by atoms with Gasteiger partial charge in [0.2, 0.25) is 0 Å². The number of benzene rings is 4. The van der Waals surface area contributed by atoms with Gasteiger partial charge in [0.1, 0.15) is 0 Å². The number of hydrogen-bond acceptors (Lipinski definition) is 0. The van der Waals surface area contributed by atoms with Gasteiger partial charge in [-0.25, -0.2) is 0 Å². The molecule has 0 atom stereocenters. The molecule has 0 radical (unpaired) electrons. The molecule has 136 valence electrons. The molecular formula is C26H18Br2. The molecule has 0 amide bonds. The van der Waals surface area contributed by atoms with Gasteiger partial charge < -0.3 is 0 Å². The van der Waals surface area contributed by atoms with Crippen molar-refractivity contribution in [2.45, 2.75) is 12.8 Å². The van der Waals surface area contributed by atoms with Crippen LogP contribution in [0, 0.1) is 0 Å². The van der Waals surface area contributed by atoms with E-state index in [2.05, 4.69) is 117 Å². The van der Waals surface area contributed by atoms with Crippen molar-refractivity contribution in [2.75, 3.05) is 0 Å². The molecule has 4 aromatic carbocycles. The third kappa shape index (κ3) is 3.25. The first-order chi connectivity index (χ1) is 13.7. The number of rotatable bonds is 0. The van der Waals surface area contributed by atoms with Crippen LogP contribution in [0.3, 0.4) is 0 Å². The first-order valence-electron chi connectivity index (χ1n) is 9.42. The summed E-state index contributed by atoms with van der Waals surface area (Å²) in [6.07, 6.45) is 1.83. The monoisotopic (exact) mass is 488 g/mol. The van der Waals surface area contributed by atoms with Gasteiger partial charge in [0, 0.05) is 8.95 Å². The molecule has 0 nitrogen and oxygen atoms in total. The van der Waals surface area contributed by atoms with E-state index >= 15 is 0 Å². The summed E-state index contributed by atoms with van der Waals surface area (Å²) < 4.78 is 2.24. The van der Waals surface area contributed by atoms with Crippen molar-refractivity contribution in [2.24, 2.45) is 0 Å². The van der Waals surface area contributed by atoms with Crippen LogP contribution >= 0.6 is 31.9 Å². The fourth-order valence-corrected chi connectivity index (χ4v) is 4.91. The van der Waals surface area contributed by atoms with Gasteiger partial charge in [0.25, 0.3) is 0 Å². The molecule has 0 fully saturated rings. The van der Waals surface area contributed by atoms with E-state index in [4.69, 9.17) is 0 Å². The molecule has 0 N–H and O–H groups in total. The predicted octanol–water partition coefficient (Wildman–Crippen LogP) is 8.04. The second-order valence-electron chi connectivity index (χ2n) is 7.27. The summed E-state index contributed by atoms with van der Waals surface area (Å²) in [5.41, 5.74) is 10.7. The third-order valence-electron chi connectivity index (χ3n) is 5.52. The summed E-state index contributed by atoms with van der Waals surface area (Å²) in [5, 5.41) is 0. The maximum atomic E-state index is 3.68. The average molecular weight is 490 g/mol. The third-order valence-corrected chi connectivity index (χ3v) is 6.51. The topological polar surface area (TPSA) is 0 Å². The Morgan fingerprint density at radius 3 is 1.29 bits per heavy atom. The van der Waals surface area contributed by atoms with E-state index in [0.29, 0.717) is 0 Å². The normalized spacial score (nSPS) is 12.4. The molecule has 0 unspecified atom stereocenters. The van der Waals surface area contributed by atoms with E-state index in [1.807, 2.05) is 0 Å². The standard InChI is InChI=1S/C26H18Br2/c27-21-11-9-19-14-20-10-12-22(28)16-26(20)24-8-4-2-6-18(24)13-17-5-1-3-7-23(17)25(19)15-21/h1-12,15-16H,13-14H2. The highest BCUT2D eigenvalue weighted by Crippen LogP contribution is 2.38. The summed E-state index contributed by atoms with van der Waals surface area (Å²) in [6, 6.07) is 31.0. The molecule has 4 aromatic rings. The summed E-state index contributed by atoms with van der Waals surface area (Å²) in [4.78, 5) is 0. The van der Waals surface area contributed by atoms with Crippen LogP contribution in [0.1, 0.15) is 22.3 Å². The number of fused-ring (bicyclic) bond motifs is 6. The Labute approximate surface area is 182 Å².